The molecule has 2 nitrogen and oxygen atoms in total. The third kappa shape index (κ3) is 3.20. The summed E-state index contributed by atoms with van der Waals surface area (Å²) in [6.07, 6.45) is 0. The SMILES string of the molecule is O=C([O-])CSCc1c(F)cccc1Cl. The van der Waals surface area contributed by atoms with Gasteiger partial charge in [0.05, 0.1) is 5.97 Å². The summed E-state index contributed by atoms with van der Waals surface area (Å²) in [5.74, 6) is -1.50. The van der Waals surface area contributed by atoms with Gasteiger partial charge in [-0.15, -0.1) is 0 Å². The predicted molar refractivity (Wildman–Crippen MR) is 52.6 cm³/mol. The molecule has 1 aromatic carbocycles. The van der Waals surface area contributed by atoms with Gasteiger partial charge in [-0.1, -0.05) is 17.7 Å². The first-order valence-corrected chi connectivity index (χ1v) is 5.35. The van der Waals surface area contributed by atoms with Crippen molar-refractivity contribution >= 4 is 29.3 Å². The van der Waals surface area contributed by atoms with Crippen molar-refractivity contribution < 1.29 is 14.3 Å². The summed E-state index contributed by atoms with van der Waals surface area (Å²) in [4.78, 5) is 10.1. The van der Waals surface area contributed by atoms with Crippen molar-refractivity contribution in [2.45, 2.75) is 5.75 Å². The van der Waals surface area contributed by atoms with Gasteiger partial charge in [0, 0.05) is 22.1 Å². The zero-order chi connectivity index (χ0) is 10.6. The van der Waals surface area contributed by atoms with E-state index in [1.165, 1.54) is 12.1 Å². The minimum absolute atomic E-state index is 0.162. The Balaban J connectivity index is 2.62. The molecular formula is C9H7ClFO2S-. The van der Waals surface area contributed by atoms with Gasteiger partial charge >= 0.3 is 0 Å². The van der Waals surface area contributed by atoms with Crippen molar-refractivity contribution in [3.8, 4) is 0 Å². The number of halogens is 2. The zero-order valence-corrected chi connectivity index (χ0v) is 8.70. The molecule has 0 saturated heterocycles. The second-order valence-electron chi connectivity index (χ2n) is 2.57. The molecule has 0 aliphatic heterocycles. The number of carbonyl (C=O) groups excluding carboxylic acids is 1. The van der Waals surface area contributed by atoms with Crippen molar-refractivity contribution in [3.63, 3.8) is 0 Å². The molecule has 0 aliphatic rings. The third-order valence-corrected chi connectivity index (χ3v) is 2.81. The Bertz CT molecular complexity index is 323. The molecule has 14 heavy (non-hydrogen) atoms. The first-order chi connectivity index (χ1) is 6.61. The number of carbonyl (C=O) groups is 1. The highest BCUT2D eigenvalue weighted by Gasteiger charge is 2.06. The predicted octanol–water partition coefficient (Wildman–Crippen LogP) is 1.46. The number of hydrogen-bond acceptors (Lipinski definition) is 3. The molecule has 0 unspecified atom stereocenters. The van der Waals surface area contributed by atoms with Gasteiger partial charge < -0.3 is 9.90 Å². The fourth-order valence-electron chi connectivity index (χ4n) is 0.907. The Labute approximate surface area is 90.1 Å². The number of rotatable bonds is 4. The molecule has 76 valence electrons. The van der Waals surface area contributed by atoms with Crippen LogP contribution in [-0.4, -0.2) is 11.7 Å². The van der Waals surface area contributed by atoms with Gasteiger partial charge in [-0.05, 0) is 12.1 Å². The molecule has 0 saturated carbocycles. The lowest BCUT2D eigenvalue weighted by Gasteiger charge is -2.05. The monoisotopic (exact) mass is 233 g/mol. The molecule has 0 radical (unpaired) electrons. The molecule has 0 N–H and O–H groups in total. The van der Waals surface area contributed by atoms with E-state index in [-0.39, 0.29) is 11.5 Å². The van der Waals surface area contributed by atoms with Gasteiger partial charge in [0.25, 0.3) is 0 Å². The van der Waals surface area contributed by atoms with E-state index in [2.05, 4.69) is 0 Å². The molecule has 5 heteroatoms. The quantitative estimate of drug-likeness (QED) is 0.791. The molecule has 1 rings (SSSR count). The first kappa shape index (κ1) is 11.3. The third-order valence-electron chi connectivity index (χ3n) is 1.53. The number of carboxylic acids is 1. The molecule has 0 spiro atoms. The Morgan fingerprint density at radius 2 is 2.29 bits per heavy atom. The fraction of sp³-hybridized carbons (Fsp3) is 0.222. The molecule has 0 aliphatic carbocycles. The summed E-state index contributed by atoms with van der Waals surface area (Å²) in [6.45, 7) is 0. The maximum absolute atomic E-state index is 13.1. The summed E-state index contributed by atoms with van der Waals surface area (Å²) in [5.41, 5.74) is 0.334. The van der Waals surface area contributed by atoms with Crippen LogP contribution in [0, 0.1) is 5.82 Å². The van der Waals surface area contributed by atoms with E-state index < -0.39 is 11.8 Å². The van der Waals surface area contributed by atoms with Crippen molar-refractivity contribution in [2.75, 3.05) is 5.75 Å². The number of benzene rings is 1. The van der Waals surface area contributed by atoms with E-state index in [9.17, 15) is 14.3 Å². The minimum Gasteiger partial charge on any atom is -0.549 e. The largest absolute Gasteiger partial charge is 0.549 e. The summed E-state index contributed by atoms with van der Waals surface area (Å²) >= 11 is 6.78. The van der Waals surface area contributed by atoms with Crippen LogP contribution in [0.25, 0.3) is 0 Å². The number of aliphatic carboxylic acids is 1. The molecule has 0 fully saturated rings. The van der Waals surface area contributed by atoms with Gasteiger partial charge in [-0.2, -0.15) is 11.8 Å². The van der Waals surface area contributed by atoms with E-state index in [4.69, 9.17) is 11.6 Å². The molecule has 0 aromatic heterocycles. The van der Waals surface area contributed by atoms with Crippen molar-refractivity contribution in [3.05, 3.63) is 34.6 Å². The number of carboxylic acid groups (broad SMARTS) is 1. The number of thioether (sulfide) groups is 1. The summed E-state index contributed by atoms with van der Waals surface area (Å²) < 4.78 is 13.1. The van der Waals surface area contributed by atoms with Crippen molar-refractivity contribution in [1.29, 1.82) is 0 Å². The van der Waals surface area contributed by atoms with Gasteiger partial charge in [0.1, 0.15) is 5.82 Å². The first-order valence-electron chi connectivity index (χ1n) is 3.81. The van der Waals surface area contributed by atoms with E-state index in [1.54, 1.807) is 6.07 Å². The van der Waals surface area contributed by atoms with Crippen LogP contribution in [0.3, 0.4) is 0 Å². The summed E-state index contributed by atoms with van der Waals surface area (Å²) in [7, 11) is 0. The van der Waals surface area contributed by atoms with Crippen LogP contribution in [0.15, 0.2) is 18.2 Å². The smallest absolute Gasteiger partial charge is 0.128 e. The van der Waals surface area contributed by atoms with E-state index in [1.807, 2.05) is 0 Å². The average molecular weight is 234 g/mol. The van der Waals surface area contributed by atoms with Gasteiger partial charge in [-0.25, -0.2) is 4.39 Å². The lowest BCUT2D eigenvalue weighted by molar-refractivity contribution is -0.301. The van der Waals surface area contributed by atoms with Crippen LogP contribution in [0.4, 0.5) is 4.39 Å². The van der Waals surface area contributed by atoms with Crippen LogP contribution in [0.1, 0.15) is 5.56 Å². The van der Waals surface area contributed by atoms with Crippen LogP contribution >= 0.6 is 23.4 Å². The van der Waals surface area contributed by atoms with E-state index in [0.717, 1.165) is 11.8 Å². The van der Waals surface area contributed by atoms with Crippen LogP contribution in [0.2, 0.25) is 5.02 Å². The average Bonchev–Trinajstić information content (AvgIpc) is 2.09. The molecule has 0 atom stereocenters. The van der Waals surface area contributed by atoms with Gasteiger partial charge in [-0.3, -0.25) is 0 Å². The van der Waals surface area contributed by atoms with Crippen LogP contribution in [0.5, 0.6) is 0 Å². The number of hydrogen-bond donors (Lipinski definition) is 0. The standard InChI is InChI=1S/C9H8ClFO2S/c10-7-2-1-3-8(11)6(7)4-14-5-9(12)13/h1-3H,4-5H2,(H,12,13)/p-1. The summed E-state index contributed by atoms with van der Waals surface area (Å²) in [6, 6.07) is 4.37. The highest BCUT2D eigenvalue weighted by molar-refractivity contribution is 7.99. The lowest BCUT2D eigenvalue weighted by Crippen LogP contribution is -2.24. The minimum atomic E-state index is -1.16. The maximum atomic E-state index is 13.1. The molecule has 0 heterocycles. The Hall–Kier alpha value is -0.740. The molecule has 0 bridgehead atoms. The second kappa shape index (κ2) is 5.22. The van der Waals surface area contributed by atoms with Gasteiger partial charge in [0.2, 0.25) is 0 Å². The second-order valence-corrected chi connectivity index (χ2v) is 3.96. The molecule has 0 amide bonds. The van der Waals surface area contributed by atoms with Crippen LogP contribution in [-0.2, 0) is 10.5 Å². The van der Waals surface area contributed by atoms with Gasteiger partial charge in [0.15, 0.2) is 0 Å². The van der Waals surface area contributed by atoms with E-state index >= 15 is 0 Å². The lowest BCUT2D eigenvalue weighted by atomic mass is 10.2. The Morgan fingerprint density at radius 1 is 1.57 bits per heavy atom. The fourth-order valence-corrected chi connectivity index (χ4v) is 1.98. The topological polar surface area (TPSA) is 40.1 Å². The highest BCUT2D eigenvalue weighted by atomic mass is 35.5. The highest BCUT2D eigenvalue weighted by Crippen LogP contribution is 2.23. The van der Waals surface area contributed by atoms with Crippen molar-refractivity contribution in [2.24, 2.45) is 0 Å². The van der Waals surface area contributed by atoms with Crippen LogP contribution < -0.4 is 5.11 Å². The zero-order valence-electron chi connectivity index (χ0n) is 7.13. The van der Waals surface area contributed by atoms with Crippen molar-refractivity contribution in [1.82, 2.24) is 0 Å². The molecular weight excluding hydrogens is 227 g/mol. The Morgan fingerprint density at radius 3 is 2.86 bits per heavy atom. The maximum Gasteiger partial charge on any atom is 0.128 e. The molecule has 1 aromatic rings. The normalized spacial score (nSPS) is 10.1. The summed E-state index contributed by atoms with van der Waals surface area (Å²) in [5, 5.41) is 10.4. The Kier molecular flexibility index (Phi) is 4.22. The van der Waals surface area contributed by atoms with E-state index in [0.29, 0.717) is 10.6 Å².